The van der Waals surface area contributed by atoms with Crippen LogP contribution < -0.4 is 5.84 Å². The third-order valence-electron chi connectivity index (χ3n) is 1.96. The van der Waals surface area contributed by atoms with E-state index in [1.165, 1.54) is 13.3 Å². The van der Waals surface area contributed by atoms with E-state index in [0.29, 0.717) is 0 Å². The lowest BCUT2D eigenvalue weighted by molar-refractivity contribution is -0.153. The van der Waals surface area contributed by atoms with Gasteiger partial charge in [-0.1, -0.05) is 30.3 Å². The summed E-state index contributed by atoms with van der Waals surface area (Å²) in [7, 11) is 1.32. The average molecular weight is 222 g/mol. The maximum Gasteiger partial charge on any atom is 0.339 e. The first-order chi connectivity index (χ1) is 7.79. The molecular formula is C11H14N2O3. The van der Waals surface area contributed by atoms with E-state index in [9.17, 15) is 4.79 Å². The Morgan fingerprint density at radius 1 is 1.50 bits per heavy atom. The van der Waals surface area contributed by atoms with E-state index in [2.05, 4.69) is 9.84 Å². The van der Waals surface area contributed by atoms with Crippen molar-refractivity contribution in [3.05, 3.63) is 35.9 Å². The molecule has 0 aliphatic heterocycles. The number of hydrogen-bond acceptors (Lipinski definition) is 5. The molecule has 0 aliphatic carbocycles. The van der Waals surface area contributed by atoms with Crippen molar-refractivity contribution in [3.63, 3.8) is 0 Å². The van der Waals surface area contributed by atoms with Crippen LogP contribution in [0.4, 0.5) is 0 Å². The molecule has 0 saturated carbocycles. The summed E-state index contributed by atoms with van der Waals surface area (Å²) in [4.78, 5) is 11.5. The molecular weight excluding hydrogens is 208 g/mol. The van der Waals surface area contributed by atoms with Crippen molar-refractivity contribution in [2.24, 2.45) is 10.9 Å². The zero-order chi connectivity index (χ0) is 11.8. The Morgan fingerprint density at radius 2 is 2.19 bits per heavy atom. The molecule has 5 heteroatoms. The number of hydrogen-bond donors (Lipinski definition) is 1. The minimum absolute atomic E-state index is 0.158. The number of hydrazone groups is 1. The smallest absolute Gasteiger partial charge is 0.339 e. The fraction of sp³-hybridized carbons (Fsp3) is 0.273. The Bertz CT molecular complexity index is 352. The molecule has 1 atom stereocenters. The Morgan fingerprint density at radius 3 is 2.75 bits per heavy atom. The van der Waals surface area contributed by atoms with Crippen LogP contribution in [0.25, 0.3) is 0 Å². The third kappa shape index (κ3) is 3.36. The zero-order valence-electron chi connectivity index (χ0n) is 9.00. The number of carbonyl (C=O) groups is 1. The number of esters is 1. The second kappa shape index (κ2) is 6.58. The first kappa shape index (κ1) is 12.2. The Hall–Kier alpha value is -1.88. The summed E-state index contributed by atoms with van der Waals surface area (Å²) >= 11 is 0. The van der Waals surface area contributed by atoms with E-state index >= 15 is 0 Å². The van der Waals surface area contributed by atoms with Crippen LogP contribution in [-0.4, -0.2) is 25.9 Å². The van der Waals surface area contributed by atoms with Crippen LogP contribution in [0.2, 0.25) is 0 Å². The lowest BCUT2D eigenvalue weighted by atomic mass is 10.1. The second-order valence-corrected chi connectivity index (χ2v) is 2.98. The topological polar surface area (TPSA) is 73.9 Å². The van der Waals surface area contributed by atoms with Crippen LogP contribution >= 0.6 is 0 Å². The van der Waals surface area contributed by atoms with E-state index in [1.54, 1.807) is 12.1 Å². The predicted molar refractivity (Wildman–Crippen MR) is 59.8 cm³/mol. The van der Waals surface area contributed by atoms with Crippen LogP contribution in [0.3, 0.4) is 0 Å². The molecule has 16 heavy (non-hydrogen) atoms. The zero-order valence-corrected chi connectivity index (χ0v) is 9.00. The van der Waals surface area contributed by atoms with Crippen molar-refractivity contribution < 1.29 is 14.3 Å². The molecule has 0 fully saturated rings. The SMILES string of the molecule is COC(=O)C(OCC=NN)c1ccccc1. The van der Waals surface area contributed by atoms with Gasteiger partial charge >= 0.3 is 5.97 Å². The number of ether oxygens (including phenoxy) is 2. The summed E-state index contributed by atoms with van der Waals surface area (Å²) in [6, 6.07) is 9.10. The van der Waals surface area contributed by atoms with Gasteiger partial charge < -0.3 is 15.3 Å². The molecule has 0 amide bonds. The highest BCUT2D eigenvalue weighted by atomic mass is 16.6. The van der Waals surface area contributed by atoms with Gasteiger partial charge in [0.1, 0.15) is 0 Å². The number of benzene rings is 1. The molecule has 0 aliphatic rings. The van der Waals surface area contributed by atoms with Crippen LogP contribution in [-0.2, 0) is 14.3 Å². The summed E-state index contributed by atoms with van der Waals surface area (Å²) in [6.07, 6.45) is 0.628. The second-order valence-electron chi connectivity index (χ2n) is 2.98. The number of nitrogens with two attached hydrogens (primary N) is 1. The highest BCUT2D eigenvalue weighted by Crippen LogP contribution is 2.18. The van der Waals surface area contributed by atoms with Crippen molar-refractivity contribution >= 4 is 12.2 Å². The monoisotopic (exact) mass is 222 g/mol. The van der Waals surface area contributed by atoms with E-state index in [0.717, 1.165) is 5.56 Å². The van der Waals surface area contributed by atoms with Gasteiger partial charge in [-0.15, -0.1) is 0 Å². The molecule has 1 rings (SSSR count). The van der Waals surface area contributed by atoms with Gasteiger partial charge in [-0.05, 0) is 5.56 Å². The molecule has 0 spiro atoms. The highest BCUT2D eigenvalue weighted by molar-refractivity contribution is 5.76. The average Bonchev–Trinajstić information content (AvgIpc) is 2.35. The summed E-state index contributed by atoms with van der Waals surface area (Å²) in [6.45, 7) is 0.158. The molecule has 1 unspecified atom stereocenters. The first-order valence-electron chi connectivity index (χ1n) is 4.75. The van der Waals surface area contributed by atoms with Crippen LogP contribution in [0.5, 0.6) is 0 Å². The highest BCUT2D eigenvalue weighted by Gasteiger charge is 2.21. The largest absolute Gasteiger partial charge is 0.467 e. The number of nitrogens with zero attached hydrogens (tertiary/aromatic N) is 1. The van der Waals surface area contributed by atoms with E-state index in [4.69, 9.17) is 10.6 Å². The van der Waals surface area contributed by atoms with Gasteiger partial charge in [0.25, 0.3) is 0 Å². The molecule has 1 aromatic carbocycles. The molecule has 0 aromatic heterocycles. The molecule has 5 nitrogen and oxygen atoms in total. The lowest BCUT2D eigenvalue weighted by Gasteiger charge is -2.14. The van der Waals surface area contributed by atoms with Gasteiger partial charge in [0.2, 0.25) is 0 Å². The lowest BCUT2D eigenvalue weighted by Crippen LogP contribution is -2.18. The molecule has 1 aromatic rings. The van der Waals surface area contributed by atoms with Gasteiger partial charge in [0.15, 0.2) is 6.10 Å². The van der Waals surface area contributed by atoms with Gasteiger partial charge in [-0.2, -0.15) is 5.10 Å². The Labute approximate surface area is 93.9 Å². The standard InChI is InChI=1S/C11H14N2O3/c1-15-11(14)10(16-8-7-13-12)9-5-3-2-4-6-9/h2-7,10H,8,12H2,1H3. The maximum atomic E-state index is 11.5. The third-order valence-corrected chi connectivity index (χ3v) is 1.96. The van der Waals surface area contributed by atoms with Crippen molar-refractivity contribution in [1.29, 1.82) is 0 Å². The van der Waals surface area contributed by atoms with Crippen molar-refractivity contribution in [2.75, 3.05) is 13.7 Å². The quantitative estimate of drug-likeness (QED) is 0.347. The normalized spacial score (nSPS) is 12.6. The van der Waals surface area contributed by atoms with Crippen LogP contribution in [0, 0.1) is 0 Å². The van der Waals surface area contributed by atoms with E-state index in [-0.39, 0.29) is 6.61 Å². The molecule has 0 bridgehead atoms. The van der Waals surface area contributed by atoms with E-state index < -0.39 is 12.1 Å². The minimum atomic E-state index is -0.746. The van der Waals surface area contributed by atoms with Crippen molar-refractivity contribution in [1.82, 2.24) is 0 Å². The number of rotatable bonds is 5. The van der Waals surface area contributed by atoms with Crippen LogP contribution in [0.1, 0.15) is 11.7 Å². The molecule has 86 valence electrons. The maximum absolute atomic E-state index is 11.5. The Kier molecular flexibility index (Phi) is 5.01. The van der Waals surface area contributed by atoms with E-state index in [1.807, 2.05) is 18.2 Å². The van der Waals surface area contributed by atoms with Crippen molar-refractivity contribution in [3.8, 4) is 0 Å². The fourth-order valence-corrected chi connectivity index (χ4v) is 1.22. The first-order valence-corrected chi connectivity index (χ1v) is 4.75. The summed E-state index contributed by atoms with van der Waals surface area (Å²) in [5.41, 5.74) is 0.736. The van der Waals surface area contributed by atoms with Gasteiger partial charge in [0.05, 0.1) is 13.7 Å². The number of methoxy groups -OCH3 is 1. The minimum Gasteiger partial charge on any atom is -0.467 e. The summed E-state index contributed by atoms with van der Waals surface area (Å²) < 4.78 is 9.98. The Balaban J connectivity index is 2.75. The van der Waals surface area contributed by atoms with Gasteiger partial charge in [-0.25, -0.2) is 4.79 Å². The molecule has 2 N–H and O–H groups in total. The number of carbonyl (C=O) groups excluding carboxylic acids is 1. The molecule has 0 heterocycles. The van der Waals surface area contributed by atoms with Crippen molar-refractivity contribution in [2.45, 2.75) is 6.10 Å². The molecule has 0 radical (unpaired) electrons. The fourth-order valence-electron chi connectivity index (χ4n) is 1.22. The van der Waals surface area contributed by atoms with Crippen LogP contribution in [0.15, 0.2) is 35.4 Å². The van der Waals surface area contributed by atoms with Gasteiger partial charge in [0, 0.05) is 6.21 Å². The molecule has 0 saturated heterocycles. The predicted octanol–water partition coefficient (Wildman–Crippen LogP) is 0.862. The van der Waals surface area contributed by atoms with Gasteiger partial charge in [-0.3, -0.25) is 0 Å². The summed E-state index contributed by atoms with van der Waals surface area (Å²) in [5, 5.41) is 3.28. The summed E-state index contributed by atoms with van der Waals surface area (Å²) in [5.74, 6) is 4.49.